The minimum Gasteiger partial charge on any atom is -0.466 e. The molecule has 0 spiro atoms. The highest BCUT2D eigenvalue weighted by Gasteiger charge is 2.44. The quantitative estimate of drug-likeness (QED) is 0.608. The number of ether oxygens (including phenoxy) is 1. The molecule has 2 aliphatic rings. The molecule has 2 fully saturated rings. The van der Waals surface area contributed by atoms with E-state index in [1.54, 1.807) is 31.2 Å². The Morgan fingerprint density at radius 1 is 1.21 bits per heavy atom. The van der Waals surface area contributed by atoms with Crippen molar-refractivity contribution in [1.82, 2.24) is 4.90 Å². The van der Waals surface area contributed by atoms with E-state index in [-0.39, 0.29) is 36.0 Å². The van der Waals surface area contributed by atoms with Crippen molar-refractivity contribution in [2.75, 3.05) is 29.9 Å². The van der Waals surface area contributed by atoms with E-state index in [0.717, 1.165) is 12.8 Å². The zero-order valence-corrected chi connectivity index (χ0v) is 16.1. The second-order valence-electron chi connectivity index (χ2n) is 7.10. The first-order valence-electron chi connectivity index (χ1n) is 9.55. The summed E-state index contributed by atoms with van der Waals surface area (Å²) in [7, 11) is 0. The summed E-state index contributed by atoms with van der Waals surface area (Å²) in [5, 5.41) is 2.65. The number of hydrogen-bond donors (Lipinski definition) is 1. The van der Waals surface area contributed by atoms with Crippen LogP contribution in [0.1, 0.15) is 33.1 Å². The molecule has 2 heterocycles. The molecule has 3 amide bonds. The van der Waals surface area contributed by atoms with Gasteiger partial charge in [-0.05, 0) is 50.6 Å². The van der Waals surface area contributed by atoms with Crippen LogP contribution in [-0.2, 0) is 23.9 Å². The van der Waals surface area contributed by atoms with Gasteiger partial charge in [-0.3, -0.25) is 24.1 Å². The van der Waals surface area contributed by atoms with Crippen molar-refractivity contribution < 1.29 is 23.9 Å². The lowest BCUT2D eigenvalue weighted by molar-refractivity contribution is -0.150. The van der Waals surface area contributed by atoms with Crippen molar-refractivity contribution in [3.8, 4) is 0 Å². The minimum absolute atomic E-state index is 0.0990. The van der Waals surface area contributed by atoms with E-state index >= 15 is 0 Å². The number of carbonyl (C=O) groups is 4. The molecule has 1 aromatic carbocycles. The van der Waals surface area contributed by atoms with Crippen LogP contribution in [-0.4, -0.2) is 54.3 Å². The Hall–Kier alpha value is -2.74. The van der Waals surface area contributed by atoms with E-state index in [1.165, 1.54) is 11.8 Å². The molecule has 3 rings (SSSR count). The Morgan fingerprint density at radius 3 is 2.57 bits per heavy atom. The van der Waals surface area contributed by atoms with Crippen molar-refractivity contribution in [1.29, 1.82) is 0 Å². The molecule has 8 heteroatoms. The van der Waals surface area contributed by atoms with E-state index in [4.69, 9.17) is 4.74 Å². The van der Waals surface area contributed by atoms with Gasteiger partial charge in [0, 0.05) is 19.2 Å². The van der Waals surface area contributed by atoms with Crippen molar-refractivity contribution >= 4 is 35.1 Å². The topological polar surface area (TPSA) is 96.0 Å². The molecule has 0 bridgehead atoms. The second-order valence-corrected chi connectivity index (χ2v) is 7.10. The lowest BCUT2D eigenvalue weighted by atomic mass is 9.96. The van der Waals surface area contributed by atoms with Crippen molar-refractivity contribution in [2.24, 2.45) is 5.92 Å². The number of benzene rings is 1. The maximum absolute atomic E-state index is 13.0. The fourth-order valence-corrected chi connectivity index (χ4v) is 3.81. The number of carbonyl (C=O) groups excluding carboxylic acids is 4. The number of nitrogens with one attached hydrogen (secondary N) is 1. The third-order valence-electron chi connectivity index (χ3n) is 5.08. The molecule has 2 aliphatic heterocycles. The SMILES string of the molecule is CCOC(=O)[C@@H]1CCCN([C@H]2CC(=O)N(c3ccc(NC(C)=O)cc3)C2=O)C1. The van der Waals surface area contributed by atoms with Crippen LogP contribution in [0.25, 0.3) is 0 Å². The molecular formula is C20H25N3O5. The lowest BCUT2D eigenvalue weighted by Gasteiger charge is -2.34. The van der Waals surface area contributed by atoms with E-state index in [0.29, 0.717) is 31.1 Å². The van der Waals surface area contributed by atoms with Crippen LogP contribution in [0.4, 0.5) is 11.4 Å². The summed E-state index contributed by atoms with van der Waals surface area (Å²) >= 11 is 0. The molecule has 28 heavy (non-hydrogen) atoms. The molecule has 1 aromatic rings. The summed E-state index contributed by atoms with van der Waals surface area (Å²) in [6, 6.07) is 6.03. The van der Waals surface area contributed by atoms with Crippen molar-refractivity contribution in [3.63, 3.8) is 0 Å². The monoisotopic (exact) mass is 387 g/mol. The summed E-state index contributed by atoms with van der Waals surface area (Å²) in [5.41, 5.74) is 1.07. The molecule has 2 saturated heterocycles. The summed E-state index contributed by atoms with van der Waals surface area (Å²) in [5.74, 6) is -1.23. The number of nitrogens with zero attached hydrogens (tertiary/aromatic N) is 2. The van der Waals surface area contributed by atoms with Gasteiger partial charge in [0.1, 0.15) is 0 Å². The maximum Gasteiger partial charge on any atom is 0.310 e. The Labute approximate surface area is 163 Å². The van der Waals surface area contributed by atoms with Crippen molar-refractivity contribution in [2.45, 2.75) is 39.2 Å². The zero-order valence-electron chi connectivity index (χ0n) is 16.1. The number of anilines is 2. The third kappa shape index (κ3) is 4.22. The molecule has 1 N–H and O–H groups in total. The van der Waals surface area contributed by atoms with Gasteiger partial charge in [-0.15, -0.1) is 0 Å². The predicted octanol–water partition coefficient (Wildman–Crippen LogP) is 1.55. The fraction of sp³-hybridized carbons (Fsp3) is 0.500. The standard InChI is InChI=1S/C20H25N3O5/c1-3-28-20(27)14-5-4-10-22(12-14)17-11-18(25)23(19(17)26)16-8-6-15(7-9-16)21-13(2)24/h6-9,14,17H,3-5,10-12H2,1-2H3,(H,21,24)/t14-,17+/m1/s1. The third-order valence-corrected chi connectivity index (χ3v) is 5.08. The predicted molar refractivity (Wildman–Crippen MR) is 103 cm³/mol. The summed E-state index contributed by atoms with van der Waals surface area (Å²) < 4.78 is 5.11. The Kier molecular flexibility index (Phi) is 6.08. The second kappa shape index (κ2) is 8.52. The van der Waals surface area contributed by atoms with Gasteiger partial charge in [0.2, 0.25) is 11.8 Å². The number of imide groups is 1. The molecule has 150 valence electrons. The number of likely N-dealkylation sites (tertiary alicyclic amines) is 1. The smallest absolute Gasteiger partial charge is 0.310 e. The van der Waals surface area contributed by atoms with E-state index in [1.807, 2.05) is 4.90 Å². The van der Waals surface area contributed by atoms with E-state index < -0.39 is 6.04 Å². The molecule has 0 aromatic heterocycles. The van der Waals surface area contributed by atoms with Crippen LogP contribution in [0.5, 0.6) is 0 Å². The number of amides is 3. The first-order valence-corrected chi connectivity index (χ1v) is 9.55. The first-order chi connectivity index (χ1) is 13.4. The average molecular weight is 387 g/mol. The Morgan fingerprint density at radius 2 is 1.93 bits per heavy atom. The maximum atomic E-state index is 13.0. The van der Waals surface area contributed by atoms with E-state index in [9.17, 15) is 19.2 Å². The molecule has 0 unspecified atom stereocenters. The number of esters is 1. The molecule has 0 radical (unpaired) electrons. The highest BCUT2D eigenvalue weighted by molar-refractivity contribution is 6.22. The van der Waals surface area contributed by atoms with Crippen molar-refractivity contribution in [3.05, 3.63) is 24.3 Å². The Bertz CT molecular complexity index is 777. The van der Waals surface area contributed by atoms with Gasteiger partial charge in [-0.25, -0.2) is 4.90 Å². The molecule has 8 nitrogen and oxygen atoms in total. The Balaban J connectivity index is 1.71. The van der Waals surface area contributed by atoms with Crippen LogP contribution < -0.4 is 10.2 Å². The normalized spacial score (nSPS) is 23.0. The van der Waals surface area contributed by atoms with Crippen LogP contribution >= 0.6 is 0 Å². The van der Waals surface area contributed by atoms with Gasteiger partial charge >= 0.3 is 5.97 Å². The summed E-state index contributed by atoms with van der Waals surface area (Å²) in [6.45, 7) is 4.62. The first kappa shape index (κ1) is 20.0. The van der Waals surface area contributed by atoms with Gasteiger partial charge in [-0.2, -0.15) is 0 Å². The molecule has 0 saturated carbocycles. The lowest BCUT2D eigenvalue weighted by Crippen LogP contribution is -2.48. The summed E-state index contributed by atoms with van der Waals surface area (Å²) in [4.78, 5) is 51.8. The number of piperidine rings is 1. The van der Waals surface area contributed by atoms with Crippen LogP contribution in [0.3, 0.4) is 0 Å². The largest absolute Gasteiger partial charge is 0.466 e. The minimum atomic E-state index is -0.556. The van der Waals surface area contributed by atoms with Gasteiger partial charge < -0.3 is 10.1 Å². The van der Waals surface area contributed by atoms with Crippen LogP contribution in [0.2, 0.25) is 0 Å². The number of rotatable bonds is 5. The highest BCUT2D eigenvalue weighted by atomic mass is 16.5. The van der Waals surface area contributed by atoms with E-state index in [2.05, 4.69) is 5.32 Å². The molecular weight excluding hydrogens is 362 g/mol. The molecule has 0 aliphatic carbocycles. The van der Waals surface area contributed by atoms with Gasteiger partial charge in [0.15, 0.2) is 0 Å². The fourth-order valence-electron chi connectivity index (χ4n) is 3.81. The number of hydrogen-bond acceptors (Lipinski definition) is 6. The zero-order chi connectivity index (χ0) is 20.3. The average Bonchev–Trinajstić information content (AvgIpc) is 2.97. The highest BCUT2D eigenvalue weighted by Crippen LogP contribution is 2.29. The van der Waals surface area contributed by atoms with Gasteiger partial charge in [0.25, 0.3) is 5.91 Å². The molecule has 2 atom stereocenters. The van der Waals surface area contributed by atoms with Gasteiger partial charge in [-0.1, -0.05) is 0 Å². The van der Waals surface area contributed by atoms with Crippen LogP contribution in [0, 0.1) is 5.92 Å². The van der Waals surface area contributed by atoms with Gasteiger partial charge in [0.05, 0.1) is 30.7 Å². The summed E-state index contributed by atoms with van der Waals surface area (Å²) in [6.07, 6.45) is 1.62. The van der Waals surface area contributed by atoms with Crippen LogP contribution in [0.15, 0.2) is 24.3 Å².